The van der Waals surface area contributed by atoms with E-state index in [1.165, 1.54) is 0 Å². The fourth-order valence-electron chi connectivity index (χ4n) is 2.42. The topological polar surface area (TPSA) is 54.3 Å². The molecule has 1 aliphatic heterocycles. The van der Waals surface area contributed by atoms with E-state index in [1.54, 1.807) is 6.07 Å². The molecule has 1 atom stereocenters. The monoisotopic (exact) mass is 354 g/mol. The normalized spacial score (nSPS) is 15.1. The molecular formula is C14H12BrClN2O2. The summed E-state index contributed by atoms with van der Waals surface area (Å²) in [5.74, 6) is 0.758. The number of nitrogens with one attached hydrogen (secondary N) is 2. The van der Waals surface area contributed by atoms with Crippen LogP contribution in [0.25, 0.3) is 0 Å². The molecular weight excluding hydrogens is 344 g/mol. The Hall–Kier alpha value is -1.30. The standard InChI is InChI=1S/C14H12BrClN2O2/c1-17-14(11-2-3-12(15)20-11)8-4-7-5-13(19)18-10(7)6-9(8)16/h2-4,6,14,17H,5H2,1H3,(H,18,19). The van der Waals surface area contributed by atoms with Gasteiger partial charge in [-0.15, -0.1) is 0 Å². The van der Waals surface area contributed by atoms with Gasteiger partial charge in [0.25, 0.3) is 0 Å². The molecule has 0 spiro atoms. The number of carbonyl (C=O) groups excluding carboxylic acids is 1. The molecule has 104 valence electrons. The predicted molar refractivity (Wildman–Crippen MR) is 81.1 cm³/mol. The van der Waals surface area contributed by atoms with Crippen LogP contribution in [0, 0.1) is 0 Å². The summed E-state index contributed by atoms with van der Waals surface area (Å²) in [6.45, 7) is 0. The third-order valence-corrected chi connectivity index (χ3v) is 4.08. The summed E-state index contributed by atoms with van der Waals surface area (Å²) in [6, 6.07) is 7.31. The molecule has 0 fully saturated rings. The lowest BCUT2D eigenvalue weighted by atomic mass is 10.0. The van der Waals surface area contributed by atoms with E-state index < -0.39 is 0 Å². The number of halogens is 2. The molecule has 1 aliphatic rings. The number of furan rings is 1. The van der Waals surface area contributed by atoms with Crippen LogP contribution in [-0.2, 0) is 11.2 Å². The van der Waals surface area contributed by atoms with Gasteiger partial charge in [-0.1, -0.05) is 11.6 Å². The third-order valence-electron chi connectivity index (χ3n) is 3.33. The second-order valence-corrected chi connectivity index (χ2v) is 5.81. The highest BCUT2D eigenvalue weighted by molar-refractivity contribution is 9.10. The van der Waals surface area contributed by atoms with Crippen molar-refractivity contribution in [3.8, 4) is 0 Å². The molecule has 1 aromatic heterocycles. The molecule has 0 aliphatic carbocycles. The first-order chi connectivity index (χ1) is 9.58. The lowest BCUT2D eigenvalue weighted by Crippen LogP contribution is -2.17. The zero-order valence-corrected chi connectivity index (χ0v) is 13.0. The van der Waals surface area contributed by atoms with Crippen molar-refractivity contribution in [3.63, 3.8) is 0 Å². The van der Waals surface area contributed by atoms with Gasteiger partial charge in [-0.05, 0) is 58.4 Å². The molecule has 2 N–H and O–H groups in total. The minimum Gasteiger partial charge on any atom is -0.452 e. The van der Waals surface area contributed by atoms with Gasteiger partial charge in [0.05, 0.1) is 12.5 Å². The quantitative estimate of drug-likeness (QED) is 0.886. The van der Waals surface area contributed by atoms with Gasteiger partial charge < -0.3 is 15.1 Å². The molecule has 0 saturated carbocycles. The SMILES string of the molecule is CNC(c1ccc(Br)o1)c1cc2c(cc1Cl)NC(=O)C2. The first-order valence-electron chi connectivity index (χ1n) is 6.13. The van der Waals surface area contributed by atoms with E-state index in [9.17, 15) is 4.79 Å². The van der Waals surface area contributed by atoms with Crippen LogP contribution in [0.2, 0.25) is 5.02 Å². The second kappa shape index (κ2) is 5.24. The Labute approximate surface area is 129 Å². The van der Waals surface area contributed by atoms with Gasteiger partial charge in [-0.3, -0.25) is 4.79 Å². The van der Waals surface area contributed by atoms with Gasteiger partial charge in [-0.25, -0.2) is 0 Å². The summed E-state index contributed by atoms with van der Waals surface area (Å²) >= 11 is 9.64. The summed E-state index contributed by atoms with van der Waals surface area (Å²) in [6.07, 6.45) is 0.387. The van der Waals surface area contributed by atoms with Crippen molar-refractivity contribution in [3.05, 3.63) is 50.8 Å². The summed E-state index contributed by atoms with van der Waals surface area (Å²) < 4.78 is 6.27. The molecule has 1 aromatic carbocycles. The molecule has 0 saturated heterocycles. The zero-order valence-electron chi connectivity index (χ0n) is 10.7. The molecule has 4 nitrogen and oxygen atoms in total. The highest BCUT2D eigenvalue weighted by Crippen LogP contribution is 2.36. The van der Waals surface area contributed by atoms with Crippen LogP contribution in [0.1, 0.15) is 22.9 Å². The van der Waals surface area contributed by atoms with Crippen molar-refractivity contribution < 1.29 is 9.21 Å². The Morgan fingerprint density at radius 2 is 2.25 bits per heavy atom. The maximum absolute atomic E-state index is 11.4. The van der Waals surface area contributed by atoms with E-state index in [0.29, 0.717) is 16.1 Å². The maximum atomic E-state index is 11.4. The third kappa shape index (κ3) is 2.37. The second-order valence-electron chi connectivity index (χ2n) is 4.62. The van der Waals surface area contributed by atoms with Crippen LogP contribution >= 0.6 is 27.5 Å². The minimum atomic E-state index is -0.158. The van der Waals surface area contributed by atoms with Crippen molar-refractivity contribution in [1.82, 2.24) is 5.32 Å². The van der Waals surface area contributed by atoms with Crippen LogP contribution in [0.4, 0.5) is 5.69 Å². The summed E-state index contributed by atoms with van der Waals surface area (Å²) in [4.78, 5) is 11.4. The van der Waals surface area contributed by atoms with Crippen molar-refractivity contribution in [2.45, 2.75) is 12.5 Å². The van der Waals surface area contributed by atoms with Crippen molar-refractivity contribution in [2.75, 3.05) is 12.4 Å². The van der Waals surface area contributed by atoms with Crippen molar-refractivity contribution in [2.24, 2.45) is 0 Å². The van der Waals surface area contributed by atoms with E-state index in [-0.39, 0.29) is 11.9 Å². The number of fused-ring (bicyclic) bond motifs is 1. The van der Waals surface area contributed by atoms with Gasteiger partial charge in [-0.2, -0.15) is 0 Å². The smallest absolute Gasteiger partial charge is 0.228 e. The van der Waals surface area contributed by atoms with Gasteiger partial charge >= 0.3 is 0 Å². The number of carbonyl (C=O) groups is 1. The Morgan fingerprint density at radius 1 is 1.45 bits per heavy atom. The minimum absolute atomic E-state index is 0.00466. The van der Waals surface area contributed by atoms with Gasteiger partial charge in [0.15, 0.2) is 4.67 Å². The lowest BCUT2D eigenvalue weighted by Gasteiger charge is -2.17. The number of anilines is 1. The fraction of sp³-hybridized carbons (Fsp3) is 0.214. The molecule has 0 bridgehead atoms. The average molecular weight is 356 g/mol. The highest BCUT2D eigenvalue weighted by Gasteiger charge is 2.24. The number of amides is 1. The fourth-order valence-corrected chi connectivity index (χ4v) is 3.01. The molecule has 20 heavy (non-hydrogen) atoms. The van der Waals surface area contributed by atoms with Gasteiger partial charge in [0.1, 0.15) is 5.76 Å². The van der Waals surface area contributed by atoms with E-state index >= 15 is 0 Å². The number of benzene rings is 1. The molecule has 0 radical (unpaired) electrons. The largest absolute Gasteiger partial charge is 0.452 e. The number of hydrogen-bond acceptors (Lipinski definition) is 3. The van der Waals surface area contributed by atoms with E-state index in [1.807, 2.05) is 25.2 Å². The molecule has 1 unspecified atom stereocenters. The van der Waals surface area contributed by atoms with Crippen LogP contribution in [0.15, 0.2) is 33.4 Å². The van der Waals surface area contributed by atoms with Crippen molar-refractivity contribution in [1.29, 1.82) is 0 Å². The summed E-state index contributed by atoms with van der Waals surface area (Å²) in [5, 5.41) is 6.57. The molecule has 3 rings (SSSR count). The predicted octanol–water partition coefficient (Wildman–Crippen LogP) is 3.50. The first-order valence-corrected chi connectivity index (χ1v) is 7.30. The Bertz CT molecular complexity index is 684. The van der Waals surface area contributed by atoms with Gasteiger partial charge in [0, 0.05) is 10.7 Å². The maximum Gasteiger partial charge on any atom is 0.228 e. The van der Waals surface area contributed by atoms with Crippen molar-refractivity contribution >= 4 is 39.1 Å². The van der Waals surface area contributed by atoms with Crippen LogP contribution in [-0.4, -0.2) is 13.0 Å². The zero-order chi connectivity index (χ0) is 14.3. The Morgan fingerprint density at radius 3 is 2.90 bits per heavy atom. The average Bonchev–Trinajstić information content (AvgIpc) is 2.96. The Kier molecular flexibility index (Phi) is 3.58. The van der Waals surface area contributed by atoms with Gasteiger partial charge in [0.2, 0.25) is 5.91 Å². The summed E-state index contributed by atoms with van der Waals surface area (Å²) in [5.41, 5.74) is 2.64. The van der Waals surface area contributed by atoms with Crippen LogP contribution in [0.3, 0.4) is 0 Å². The van der Waals surface area contributed by atoms with E-state index in [0.717, 1.165) is 22.6 Å². The molecule has 1 amide bonds. The molecule has 2 heterocycles. The van der Waals surface area contributed by atoms with Crippen LogP contribution in [0.5, 0.6) is 0 Å². The van der Waals surface area contributed by atoms with E-state index in [4.69, 9.17) is 16.0 Å². The van der Waals surface area contributed by atoms with E-state index in [2.05, 4.69) is 26.6 Å². The first kappa shape index (κ1) is 13.7. The molecule has 6 heteroatoms. The lowest BCUT2D eigenvalue weighted by molar-refractivity contribution is -0.115. The van der Waals surface area contributed by atoms with Crippen LogP contribution < -0.4 is 10.6 Å². The molecule has 2 aromatic rings. The summed E-state index contributed by atoms with van der Waals surface area (Å²) in [7, 11) is 1.84. The number of rotatable bonds is 3. The highest BCUT2D eigenvalue weighted by atomic mass is 79.9. The number of hydrogen-bond donors (Lipinski definition) is 2. The Balaban J connectivity index is 2.05.